The molecule has 1 fully saturated rings. The van der Waals surface area contributed by atoms with Gasteiger partial charge in [0.1, 0.15) is 24.9 Å². The van der Waals surface area contributed by atoms with Gasteiger partial charge < -0.3 is 4.43 Å². The molecule has 0 spiro atoms. The molecule has 11 heteroatoms. The van der Waals surface area contributed by atoms with Gasteiger partial charge in [-0.3, -0.25) is 13.6 Å². The molecular formula is C30H43O8P2Si+. The molecule has 1 unspecified atom stereocenters. The normalized spacial score (nSPS) is 22.5. The van der Waals surface area contributed by atoms with Crippen LogP contribution in [-0.2, 0) is 36.1 Å². The summed E-state index contributed by atoms with van der Waals surface area (Å²) in [6, 6.07) is 20.7. The van der Waals surface area contributed by atoms with Crippen LogP contribution in [0, 0.1) is 0 Å². The van der Waals surface area contributed by atoms with Crippen LogP contribution in [-0.4, -0.2) is 53.1 Å². The van der Waals surface area contributed by atoms with Gasteiger partial charge in [0.25, 0.3) is 8.32 Å². The van der Waals surface area contributed by atoms with Crippen molar-refractivity contribution < 1.29 is 36.1 Å². The zero-order chi connectivity index (χ0) is 29.3. The monoisotopic (exact) mass is 621 g/mol. The summed E-state index contributed by atoms with van der Waals surface area (Å²) in [4.78, 5) is 0. The van der Waals surface area contributed by atoms with Crippen LogP contribution in [0.3, 0.4) is 0 Å². The first-order valence-corrected chi connectivity index (χ1v) is 18.8. The second kappa shape index (κ2) is 14.8. The van der Waals surface area contributed by atoms with Crippen LogP contribution in [0.4, 0.5) is 0 Å². The van der Waals surface area contributed by atoms with Crippen molar-refractivity contribution in [3.8, 4) is 0 Å². The molecule has 0 amide bonds. The lowest BCUT2D eigenvalue weighted by Gasteiger charge is -2.43. The smallest absolute Gasteiger partial charge is 0.404 e. The fraction of sp³-hybridized carbons (Fsp3) is 0.467. The first-order valence-electron chi connectivity index (χ1n) is 14.2. The van der Waals surface area contributed by atoms with E-state index >= 15 is 0 Å². The number of fused-ring (bicyclic) bond motifs is 2. The van der Waals surface area contributed by atoms with E-state index < -0.39 is 30.8 Å². The Labute approximate surface area is 246 Å². The average Bonchev–Trinajstić information content (AvgIpc) is 3.12. The number of hydrogen-bond acceptors (Lipinski definition) is 8. The predicted octanol–water partition coefficient (Wildman–Crippen LogP) is 6.41. The topological polar surface area (TPSA) is 81.7 Å². The number of benzene rings is 2. The maximum atomic E-state index is 13.5. The van der Waals surface area contributed by atoms with Crippen molar-refractivity contribution in [2.24, 2.45) is 0 Å². The van der Waals surface area contributed by atoms with Crippen LogP contribution in [0.2, 0.25) is 5.04 Å². The minimum absolute atomic E-state index is 0.0690. The molecule has 4 atom stereocenters. The molecule has 8 nitrogen and oxygen atoms in total. The summed E-state index contributed by atoms with van der Waals surface area (Å²) in [6.45, 7) is 11.1. The molecule has 0 N–H and O–H groups in total. The van der Waals surface area contributed by atoms with Crippen LogP contribution in [0.25, 0.3) is 0 Å². The molecule has 2 heterocycles. The van der Waals surface area contributed by atoms with E-state index in [2.05, 4.69) is 45.0 Å². The van der Waals surface area contributed by atoms with Crippen molar-refractivity contribution >= 4 is 35.1 Å². The molecule has 2 aliphatic heterocycles. The standard InChI is InChI=1S/C30H43O8P2Si/c1-6-33-40(31,34-7-2)38-27(21-20-26-23-25-15-14-22-32-39(36-25)37-26)24-35-41(30(3,4)5,28-16-10-8-11-17-28)29-18-12-9-13-19-29/h8-21,25-27,39H,6-7,22-24H2,1-5H3/q+1/t25-,26-,27+/m0/s1. The van der Waals surface area contributed by atoms with E-state index in [1.54, 1.807) is 13.8 Å². The quantitative estimate of drug-likeness (QED) is 0.144. The molecular weight excluding hydrogens is 578 g/mol. The Kier molecular flexibility index (Phi) is 11.7. The molecule has 2 aromatic carbocycles. The summed E-state index contributed by atoms with van der Waals surface area (Å²) in [6.07, 6.45) is 7.33. The van der Waals surface area contributed by atoms with Gasteiger partial charge in [-0.1, -0.05) is 106 Å². The van der Waals surface area contributed by atoms with E-state index in [1.807, 2.05) is 60.7 Å². The molecule has 0 radical (unpaired) electrons. The minimum Gasteiger partial charge on any atom is -0.404 e. The SMILES string of the molecule is CCOP(=O)(OCC)O[C@H](C=C[C@H]1C[C@@H]2C=CCO[PH+](O2)O1)CO[Si](c1ccccc1)(c1ccccc1)C(C)(C)C. The van der Waals surface area contributed by atoms with Gasteiger partial charge >= 0.3 is 16.4 Å². The lowest BCUT2D eigenvalue weighted by atomic mass is 10.1. The van der Waals surface area contributed by atoms with Crippen molar-refractivity contribution in [3.05, 3.63) is 85.0 Å². The molecule has 0 saturated carbocycles. The van der Waals surface area contributed by atoms with Crippen LogP contribution in [0.5, 0.6) is 0 Å². The van der Waals surface area contributed by atoms with Crippen LogP contribution in [0.15, 0.2) is 85.0 Å². The Balaban J connectivity index is 1.67. The van der Waals surface area contributed by atoms with Crippen molar-refractivity contribution in [2.75, 3.05) is 26.4 Å². The average molecular weight is 622 g/mol. The molecule has 0 aromatic heterocycles. The van der Waals surface area contributed by atoms with Crippen LogP contribution >= 0.6 is 16.4 Å². The summed E-state index contributed by atoms with van der Waals surface area (Å²) in [5, 5.41) is 2.05. The Bertz CT molecular complexity index is 1140. The zero-order valence-corrected chi connectivity index (χ0v) is 27.5. The highest BCUT2D eigenvalue weighted by Crippen LogP contribution is 2.51. The van der Waals surface area contributed by atoms with E-state index in [1.165, 1.54) is 0 Å². The van der Waals surface area contributed by atoms with E-state index in [0.717, 1.165) is 10.4 Å². The van der Waals surface area contributed by atoms with Gasteiger partial charge in [0.05, 0.1) is 19.8 Å². The Morgan fingerprint density at radius 1 is 1.00 bits per heavy atom. The van der Waals surface area contributed by atoms with Crippen molar-refractivity contribution in [2.45, 2.75) is 64.4 Å². The molecule has 1 saturated heterocycles. The molecule has 2 bridgehead atoms. The molecule has 41 heavy (non-hydrogen) atoms. The zero-order valence-electron chi connectivity index (χ0n) is 24.6. The Morgan fingerprint density at radius 2 is 1.61 bits per heavy atom. The van der Waals surface area contributed by atoms with Gasteiger partial charge in [0.15, 0.2) is 0 Å². The molecule has 224 valence electrons. The molecule has 2 aliphatic rings. The lowest BCUT2D eigenvalue weighted by molar-refractivity contribution is 0.0609. The fourth-order valence-electron chi connectivity index (χ4n) is 5.15. The summed E-state index contributed by atoms with van der Waals surface area (Å²) < 4.78 is 55.3. The lowest BCUT2D eigenvalue weighted by Crippen LogP contribution is -2.67. The molecule has 4 rings (SSSR count). The predicted molar refractivity (Wildman–Crippen MR) is 166 cm³/mol. The van der Waals surface area contributed by atoms with Crippen LogP contribution in [0.1, 0.15) is 41.0 Å². The van der Waals surface area contributed by atoms with E-state index in [4.69, 9.17) is 31.6 Å². The Morgan fingerprint density at radius 3 is 2.17 bits per heavy atom. The summed E-state index contributed by atoms with van der Waals surface area (Å²) in [7, 11) is -8.57. The first-order chi connectivity index (χ1) is 19.7. The van der Waals surface area contributed by atoms with Gasteiger partial charge in [0, 0.05) is 6.42 Å². The third kappa shape index (κ3) is 8.33. The number of hydrogen-bond donors (Lipinski definition) is 0. The highest BCUT2D eigenvalue weighted by atomic mass is 31.2. The van der Waals surface area contributed by atoms with E-state index in [9.17, 15) is 4.57 Å². The van der Waals surface area contributed by atoms with E-state index in [0.29, 0.717) is 13.0 Å². The van der Waals surface area contributed by atoms with Gasteiger partial charge in [-0.05, 0) is 29.3 Å². The summed E-state index contributed by atoms with van der Waals surface area (Å²) in [5.41, 5.74) is 0. The first kappa shape index (κ1) is 32.4. The molecule has 0 aliphatic carbocycles. The third-order valence-corrected chi connectivity index (χ3v) is 14.9. The fourth-order valence-corrected chi connectivity index (χ4v) is 12.3. The second-order valence-corrected chi connectivity index (χ2v) is 18.0. The highest BCUT2D eigenvalue weighted by Gasteiger charge is 2.50. The second-order valence-electron chi connectivity index (χ2n) is 10.8. The van der Waals surface area contributed by atoms with Gasteiger partial charge in [-0.15, -0.1) is 0 Å². The summed E-state index contributed by atoms with van der Waals surface area (Å²) >= 11 is 0. The highest BCUT2D eigenvalue weighted by molar-refractivity contribution is 7.48. The van der Waals surface area contributed by atoms with Gasteiger partial charge in [0.2, 0.25) is 0 Å². The number of rotatable bonds is 13. The maximum absolute atomic E-state index is 13.5. The minimum atomic E-state index is -3.85. The number of phosphoric acid groups is 1. The maximum Gasteiger partial charge on any atom is 0.475 e. The van der Waals surface area contributed by atoms with Crippen molar-refractivity contribution in [3.63, 3.8) is 0 Å². The van der Waals surface area contributed by atoms with Gasteiger partial charge in [-0.2, -0.15) is 13.6 Å². The summed E-state index contributed by atoms with van der Waals surface area (Å²) in [5.74, 6) is 0. The largest absolute Gasteiger partial charge is 0.475 e. The third-order valence-electron chi connectivity index (χ3n) is 6.87. The van der Waals surface area contributed by atoms with Crippen molar-refractivity contribution in [1.29, 1.82) is 0 Å². The van der Waals surface area contributed by atoms with Gasteiger partial charge in [-0.25, -0.2) is 4.57 Å². The number of phosphoric ester groups is 1. The van der Waals surface area contributed by atoms with Crippen LogP contribution < -0.4 is 10.4 Å². The Hall–Kier alpha value is -1.48. The molecule has 2 aromatic rings. The van der Waals surface area contributed by atoms with Crippen molar-refractivity contribution in [1.82, 2.24) is 0 Å². The van der Waals surface area contributed by atoms with E-state index in [-0.39, 0.29) is 37.1 Å².